The van der Waals surface area contributed by atoms with Gasteiger partial charge in [-0.3, -0.25) is 9.10 Å². The molecule has 1 N–H and O–H groups in total. The first kappa shape index (κ1) is 19.4. The molecule has 0 radical (unpaired) electrons. The highest BCUT2D eigenvalue weighted by atomic mass is 32.2. The Morgan fingerprint density at radius 3 is 2.56 bits per heavy atom. The van der Waals surface area contributed by atoms with Crippen molar-refractivity contribution in [2.24, 2.45) is 0 Å². The summed E-state index contributed by atoms with van der Waals surface area (Å²) in [7, 11) is -3.19. The molecular weight excluding hydrogens is 360 g/mol. The lowest BCUT2D eigenvalue weighted by Gasteiger charge is -2.20. The van der Waals surface area contributed by atoms with Gasteiger partial charge in [-0.2, -0.15) is 0 Å². The number of unbranched alkanes of at least 4 members (excludes halogenated alkanes) is 1. The van der Waals surface area contributed by atoms with Gasteiger partial charge in [-0.15, -0.1) is 0 Å². The maximum atomic E-state index is 12.2. The van der Waals surface area contributed by atoms with Gasteiger partial charge in [0.15, 0.2) is 0 Å². The Kier molecular flexibility index (Phi) is 6.16. The van der Waals surface area contributed by atoms with Gasteiger partial charge in [0.1, 0.15) is 0 Å². The van der Waals surface area contributed by atoms with Gasteiger partial charge in [-0.1, -0.05) is 30.3 Å². The molecule has 2 aromatic rings. The molecule has 0 aliphatic carbocycles. The van der Waals surface area contributed by atoms with Crippen LogP contribution in [0.3, 0.4) is 0 Å². The van der Waals surface area contributed by atoms with E-state index in [4.69, 9.17) is 0 Å². The molecule has 0 spiro atoms. The van der Waals surface area contributed by atoms with Crippen molar-refractivity contribution in [2.75, 3.05) is 21.9 Å². The lowest BCUT2D eigenvalue weighted by atomic mass is 10.1. The first-order valence-corrected chi connectivity index (χ1v) is 11.0. The molecule has 1 saturated heterocycles. The molecule has 3 rings (SSSR count). The monoisotopic (exact) mass is 386 g/mol. The summed E-state index contributed by atoms with van der Waals surface area (Å²) in [6.45, 7) is 2.40. The molecule has 2 aromatic carbocycles. The number of hydrogen-bond acceptors (Lipinski definition) is 3. The third-order valence-electron chi connectivity index (χ3n) is 4.81. The summed E-state index contributed by atoms with van der Waals surface area (Å²) in [5.41, 5.74) is 3.55. The quantitative estimate of drug-likeness (QED) is 0.734. The van der Waals surface area contributed by atoms with E-state index in [1.165, 1.54) is 9.87 Å². The highest BCUT2D eigenvalue weighted by molar-refractivity contribution is 7.93. The standard InChI is InChI=1S/C21H26N2O3S/c1-17-16-19(12-13-20(17)23-14-7-15-27(23,25)26)22-21(24)11-6-5-10-18-8-3-2-4-9-18/h2-4,8-9,12-13,16H,5-7,10-11,14-15H2,1H3,(H,22,24). The molecule has 0 saturated carbocycles. The fraction of sp³-hybridized carbons (Fsp3) is 0.381. The molecule has 0 bridgehead atoms. The summed E-state index contributed by atoms with van der Waals surface area (Å²) in [5, 5.41) is 2.91. The van der Waals surface area contributed by atoms with Gasteiger partial charge in [-0.05, 0) is 61.9 Å². The molecule has 6 heteroatoms. The molecule has 144 valence electrons. The number of carbonyl (C=O) groups excluding carboxylic acids is 1. The highest BCUT2D eigenvalue weighted by Crippen LogP contribution is 2.29. The Balaban J connectivity index is 1.50. The van der Waals surface area contributed by atoms with E-state index in [2.05, 4.69) is 17.4 Å². The van der Waals surface area contributed by atoms with Crippen LogP contribution in [-0.2, 0) is 21.2 Å². The fourth-order valence-electron chi connectivity index (χ4n) is 3.41. The minimum absolute atomic E-state index is 0.0102. The van der Waals surface area contributed by atoms with Crippen molar-refractivity contribution in [1.82, 2.24) is 0 Å². The van der Waals surface area contributed by atoms with Crippen LogP contribution in [0.1, 0.15) is 36.8 Å². The Hall–Kier alpha value is -2.34. The van der Waals surface area contributed by atoms with Crippen molar-refractivity contribution in [1.29, 1.82) is 0 Å². The molecule has 0 aromatic heterocycles. The first-order chi connectivity index (χ1) is 13.0. The van der Waals surface area contributed by atoms with E-state index in [1.807, 2.05) is 31.2 Å². The second kappa shape index (κ2) is 8.57. The topological polar surface area (TPSA) is 66.5 Å². The number of anilines is 2. The Morgan fingerprint density at radius 2 is 1.89 bits per heavy atom. The maximum absolute atomic E-state index is 12.2. The molecule has 1 heterocycles. The van der Waals surface area contributed by atoms with Crippen molar-refractivity contribution < 1.29 is 13.2 Å². The van der Waals surface area contributed by atoms with Crippen molar-refractivity contribution in [3.8, 4) is 0 Å². The van der Waals surface area contributed by atoms with Gasteiger partial charge >= 0.3 is 0 Å². The van der Waals surface area contributed by atoms with Crippen LogP contribution in [0.5, 0.6) is 0 Å². The van der Waals surface area contributed by atoms with E-state index >= 15 is 0 Å². The van der Waals surface area contributed by atoms with Gasteiger partial charge in [0.25, 0.3) is 0 Å². The zero-order valence-corrected chi connectivity index (χ0v) is 16.5. The van der Waals surface area contributed by atoms with Crippen LogP contribution < -0.4 is 9.62 Å². The average molecular weight is 387 g/mol. The molecular formula is C21H26N2O3S. The zero-order valence-electron chi connectivity index (χ0n) is 15.6. The molecule has 1 fully saturated rings. The van der Waals surface area contributed by atoms with Crippen molar-refractivity contribution in [3.63, 3.8) is 0 Å². The average Bonchev–Trinajstić information content (AvgIpc) is 2.99. The van der Waals surface area contributed by atoms with E-state index in [1.54, 1.807) is 12.1 Å². The smallest absolute Gasteiger partial charge is 0.235 e. The van der Waals surface area contributed by atoms with Crippen LogP contribution in [0, 0.1) is 6.92 Å². The minimum Gasteiger partial charge on any atom is -0.326 e. The fourth-order valence-corrected chi connectivity index (χ4v) is 5.03. The third-order valence-corrected chi connectivity index (χ3v) is 6.67. The number of nitrogens with one attached hydrogen (secondary N) is 1. The minimum atomic E-state index is -3.19. The molecule has 1 aliphatic heterocycles. The predicted octanol–water partition coefficient (Wildman–Crippen LogP) is 3.89. The van der Waals surface area contributed by atoms with Gasteiger partial charge in [0, 0.05) is 18.7 Å². The predicted molar refractivity (Wildman–Crippen MR) is 110 cm³/mol. The van der Waals surface area contributed by atoms with E-state index in [0.29, 0.717) is 30.8 Å². The summed E-state index contributed by atoms with van der Waals surface area (Å²) in [5.74, 6) is 0.192. The van der Waals surface area contributed by atoms with Crippen LogP contribution in [-0.4, -0.2) is 26.6 Å². The second-order valence-corrected chi connectivity index (χ2v) is 9.00. The summed E-state index contributed by atoms with van der Waals surface area (Å²) in [4.78, 5) is 12.2. The van der Waals surface area contributed by atoms with Crippen LogP contribution in [0.4, 0.5) is 11.4 Å². The van der Waals surface area contributed by atoms with Crippen molar-refractivity contribution >= 4 is 27.3 Å². The van der Waals surface area contributed by atoms with E-state index in [0.717, 1.165) is 24.8 Å². The molecule has 0 unspecified atom stereocenters. The Bertz CT molecular complexity index is 895. The Morgan fingerprint density at radius 1 is 1.11 bits per heavy atom. The zero-order chi connectivity index (χ0) is 19.3. The van der Waals surface area contributed by atoms with E-state index < -0.39 is 10.0 Å². The largest absolute Gasteiger partial charge is 0.326 e. The molecule has 27 heavy (non-hydrogen) atoms. The van der Waals surface area contributed by atoms with E-state index in [9.17, 15) is 13.2 Å². The Labute approximate surface area is 161 Å². The lowest BCUT2D eigenvalue weighted by molar-refractivity contribution is -0.116. The number of aryl methyl sites for hydroxylation is 2. The molecule has 5 nitrogen and oxygen atoms in total. The SMILES string of the molecule is Cc1cc(NC(=O)CCCCc2ccccc2)ccc1N1CCCS1(=O)=O. The number of carbonyl (C=O) groups is 1. The number of amides is 1. The van der Waals surface area contributed by atoms with E-state index in [-0.39, 0.29) is 11.7 Å². The number of benzene rings is 2. The summed E-state index contributed by atoms with van der Waals surface area (Å²) < 4.78 is 25.6. The normalized spacial score (nSPS) is 15.7. The summed E-state index contributed by atoms with van der Waals surface area (Å²) in [6.07, 6.45) is 3.93. The van der Waals surface area contributed by atoms with Gasteiger partial charge in [0.2, 0.25) is 15.9 Å². The summed E-state index contributed by atoms with van der Waals surface area (Å²) in [6, 6.07) is 15.7. The van der Waals surface area contributed by atoms with Crippen molar-refractivity contribution in [2.45, 2.75) is 39.0 Å². The highest BCUT2D eigenvalue weighted by Gasteiger charge is 2.29. The van der Waals surface area contributed by atoms with Crippen molar-refractivity contribution in [3.05, 3.63) is 59.7 Å². The number of nitrogens with zero attached hydrogens (tertiary/aromatic N) is 1. The van der Waals surface area contributed by atoms with Crippen LogP contribution >= 0.6 is 0 Å². The maximum Gasteiger partial charge on any atom is 0.235 e. The third kappa shape index (κ3) is 5.10. The van der Waals surface area contributed by atoms with Gasteiger partial charge in [0.05, 0.1) is 11.4 Å². The molecule has 1 amide bonds. The van der Waals surface area contributed by atoms with Crippen LogP contribution in [0.25, 0.3) is 0 Å². The van der Waals surface area contributed by atoms with Gasteiger partial charge < -0.3 is 5.32 Å². The second-order valence-electron chi connectivity index (χ2n) is 6.98. The lowest BCUT2D eigenvalue weighted by Crippen LogP contribution is -2.25. The first-order valence-electron chi connectivity index (χ1n) is 9.40. The molecule has 1 aliphatic rings. The number of hydrogen-bond donors (Lipinski definition) is 1. The number of rotatable bonds is 7. The van der Waals surface area contributed by atoms with Crippen LogP contribution in [0.15, 0.2) is 48.5 Å². The number of sulfonamides is 1. The van der Waals surface area contributed by atoms with Gasteiger partial charge in [-0.25, -0.2) is 8.42 Å². The van der Waals surface area contributed by atoms with Crippen LogP contribution in [0.2, 0.25) is 0 Å². The summed E-state index contributed by atoms with van der Waals surface area (Å²) >= 11 is 0. The molecule has 0 atom stereocenters.